The highest BCUT2D eigenvalue weighted by Gasteiger charge is 2.26. The van der Waals surface area contributed by atoms with Gasteiger partial charge in [-0.25, -0.2) is 9.59 Å². The molecule has 1 aromatic heterocycles. The van der Waals surface area contributed by atoms with Crippen LogP contribution in [0.4, 0.5) is 9.80 Å². The molecule has 8 nitrogen and oxygen atoms in total. The highest BCUT2D eigenvalue weighted by molar-refractivity contribution is 7.20. The second-order valence-corrected chi connectivity index (χ2v) is 9.52. The summed E-state index contributed by atoms with van der Waals surface area (Å²) < 4.78 is 5.78. The van der Waals surface area contributed by atoms with E-state index in [1.165, 1.54) is 11.3 Å². The Labute approximate surface area is 207 Å². The fourth-order valence-electron chi connectivity index (χ4n) is 4.15. The van der Waals surface area contributed by atoms with Gasteiger partial charge in [0.1, 0.15) is 17.1 Å². The van der Waals surface area contributed by atoms with E-state index in [1.807, 2.05) is 54.6 Å². The van der Waals surface area contributed by atoms with Crippen LogP contribution in [-0.4, -0.2) is 24.0 Å². The van der Waals surface area contributed by atoms with Crippen LogP contribution >= 0.6 is 11.3 Å². The predicted molar refractivity (Wildman–Crippen MR) is 136 cm³/mol. The number of ether oxygens (including phenoxy) is 1. The SMILES string of the molecule is NC(=O)Nc1sc(-c2ccc(CN[C@@H](C(=O)OC3CCCC3)c3ccccc3)cc2)cc1C(N)=O. The Bertz CT molecular complexity index is 1190. The van der Waals surface area contributed by atoms with Crippen LogP contribution in [0.25, 0.3) is 10.4 Å². The van der Waals surface area contributed by atoms with Crippen LogP contribution in [0.1, 0.15) is 53.2 Å². The van der Waals surface area contributed by atoms with Gasteiger partial charge >= 0.3 is 12.0 Å². The second kappa shape index (κ2) is 11.2. The first-order valence-corrected chi connectivity index (χ1v) is 12.3. The average Bonchev–Trinajstić information content (AvgIpc) is 3.50. The topological polar surface area (TPSA) is 137 Å². The fraction of sp³-hybridized carbons (Fsp3) is 0.269. The highest BCUT2D eigenvalue weighted by atomic mass is 32.1. The number of amides is 3. The summed E-state index contributed by atoms with van der Waals surface area (Å²) in [5, 5.41) is 6.10. The van der Waals surface area contributed by atoms with Gasteiger partial charge in [-0.05, 0) is 48.4 Å². The Hall–Kier alpha value is -3.69. The van der Waals surface area contributed by atoms with Crippen molar-refractivity contribution in [1.82, 2.24) is 5.32 Å². The monoisotopic (exact) mass is 492 g/mol. The molecule has 35 heavy (non-hydrogen) atoms. The number of primary amides is 2. The van der Waals surface area contributed by atoms with E-state index in [1.54, 1.807) is 6.07 Å². The first-order valence-electron chi connectivity index (χ1n) is 11.5. The van der Waals surface area contributed by atoms with Gasteiger partial charge < -0.3 is 16.2 Å². The molecule has 9 heteroatoms. The predicted octanol–water partition coefficient (Wildman–Crippen LogP) is 4.32. The van der Waals surface area contributed by atoms with Crippen molar-refractivity contribution < 1.29 is 19.1 Å². The summed E-state index contributed by atoms with van der Waals surface area (Å²) in [5.74, 6) is -0.903. The van der Waals surface area contributed by atoms with Gasteiger partial charge in [0.15, 0.2) is 0 Å². The molecule has 1 heterocycles. The molecule has 0 spiro atoms. The summed E-state index contributed by atoms with van der Waals surface area (Å²) in [6, 6.07) is 17.6. The van der Waals surface area contributed by atoms with Crippen LogP contribution in [0.15, 0.2) is 60.7 Å². The third-order valence-corrected chi connectivity index (χ3v) is 7.04. The average molecular weight is 493 g/mol. The normalized spacial score (nSPS) is 14.4. The van der Waals surface area contributed by atoms with Gasteiger partial charge in [0.05, 0.1) is 5.56 Å². The number of hydrogen-bond acceptors (Lipinski definition) is 6. The number of nitrogens with one attached hydrogen (secondary N) is 2. The molecule has 0 bridgehead atoms. The highest BCUT2D eigenvalue weighted by Crippen LogP contribution is 2.35. The number of esters is 1. The van der Waals surface area contributed by atoms with E-state index in [4.69, 9.17) is 16.2 Å². The summed E-state index contributed by atoms with van der Waals surface area (Å²) in [4.78, 5) is 36.7. The summed E-state index contributed by atoms with van der Waals surface area (Å²) in [5.41, 5.74) is 13.5. The minimum absolute atomic E-state index is 0.000157. The van der Waals surface area contributed by atoms with Crippen LogP contribution in [0.5, 0.6) is 0 Å². The van der Waals surface area contributed by atoms with Gasteiger partial charge in [0.2, 0.25) is 0 Å². The molecule has 0 saturated heterocycles. The number of anilines is 1. The van der Waals surface area contributed by atoms with E-state index in [0.717, 1.165) is 47.3 Å². The van der Waals surface area contributed by atoms with Crippen LogP contribution < -0.4 is 22.1 Å². The summed E-state index contributed by atoms with van der Waals surface area (Å²) in [7, 11) is 0. The zero-order valence-corrected chi connectivity index (χ0v) is 20.0. The molecule has 4 rings (SSSR count). The summed E-state index contributed by atoms with van der Waals surface area (Å²) in [6.07, 6.45) is 4.04. The Morgan fingerprint density at radius 3 is 2.31 bits per heavy atom. The van der Waals surface area contributed by atoms with E-state index in [-0.39, 0.29) is 17.6 Å². The molecule has 1 atom stereocenters. The maximum absolute atomic E-state index is 13.0. The number of urea groups is 1. The zero-order chi connectivity index (χ0) is 24.8. The molecule has 1 fully saturated rings. The third-order valence-electron chi connectivity index (χ3n) is 5.94. The first-order chi connectivity index (χ1) is 16.9. The van der Waals surface area contributed by atoms with Crippen LogP contribution in [0.2, 0.25) is 0 Å². The Balaban J connectivity index is 1.46. The minimum Gasteiger partial charge on any atom is -0.461 e. The quantitative estimate of drug-likeness (QED) is 0.330. The van der Waals surface area contributed by atoms with Crippen LogP contribution in [0, 0.1) is 0 Å². The maximum Gasteiger partial charge on any atom is 0.328 e. The molecule has 3 aromatic rings. The number of benzene rings is 2. The van der Waals surface area contributed by atoms with Gasteiger partial charge in [0, 0.05) is 11.4 Å². The Morgan fingerprint density at radius 1 is 1.00 bits per heavy atom. The van der Waals surface area contributed by atoms with Gasteiger partial charge in [-0.2, -0.15) is 0 Å². The van der Waals surface area contributed by atoms with Crippen molar-refractivity contribution in [3.63, 3.8) is 0 Å². The Morgan fingerprint density at radius 2 is 1.69 bits per heavy atom. The van der Waals surface area contributed by atoms with Crippen molar-refractivity contribution in [3.8, 4) is 10.4 Å². The lowest BCUT2D eigenvalue weighted by Crippen LogP contribution is -2.32. The van der Waals surface area contributed by atoms with E-state index in [2.05, 4.69) is 10.6 Å². The maximum atomic E-state index is 13.0. The van der Waals surface area contributed by atoms with Gasteiger partial charge in [-0.15, -0.1) is 11.3 Å². The van der Waals surface area contributed by atoms with E-state index >= 15 is 0 Å². The molecule has 0 aliphatic heterocycles. The lowest BCUT2D eigenvalue weighted by molar-refractivity contribution is -0.151. The summed E-state index contributed by atoms with van der Waals surface area (Å²) >= 11 is 1.22. The first kappa shape index (κ1) is 24.4. The van der Waals surface area contributed by atoms with Gasteiger partial charge in [-0.1, -0.05) is 54.6 Å². The fourth-order valence-corrected chi connectivity index (χ4v) is 5.22. The van der Waals surface area contributed by atoms with E-state index in [0.29, 0.717) is 11.5 Å². The minimum atomic E-state index is -0.762. The standard InChI is InChI=1S/C26H28N4O4S/c27-23(31)20-14-21(35-24(20)30-26(28)33)17-12-10-16(11-13-17)15-29-22(18-6-2-1-3-7-18)25(32)34-19-8-4-5-9-19/h1-3,6-7,10-14,19,22,29H,4-5,8-9,15H2,(H2,27,31)(H3,28,30,33)/t22-/m1/s1. The van der Waals surface area contributed by atoms with Crippen LogP contribution in [0.3, 0.4) is 0 Å². The molecular formula is C26H28N4O4S. The largest absolute Gasteiger partial charge is 0.461 e. The number of carbonyl (C=O) groups is 3. The molecule has 0 unspecified atom stereocenters. The molecule has 6 N–H and O–H groups in total. The number of carbonyl (C=O) groups excluding carboxylic acids is 3. The smallest absolute Gasteiger partial charge is 0.328 e. The molecule has 2 aromatic carbocycles. The lowest BCUT2D eigenvalue weighted by atomic mass is 10.1. The molecule has 1 saturated carbocycles. The number of hydrogen-bond donors (Lipinski definition) is 4. The molecule has 1 aliphatic carbocycles. The van der Waals surface area contributed by atoms with Crippen molar-refractivity contribution in [1.29, 1.82) is 0 Å². The van der Waals surface area contributed by atoms with E-state index < -0.39 is 18.0 Å². The molecule has 0 radical (unpaired) electrons. The molecule has 182 valence electrons. The Kier molecular flexibility index (Phi) is 7.79. The summed E-state index contributed by atoms with van der Waals surface area (Å²) in [6.45, 7) is 0.463. The van der Waals surface area contributed by atoms with Gasteiger partial charge in [-0.3, -0.25) is 15.4 Å². The number of rotatable bonds is 9. The molecular weight excluding hydrogens is 464 g/mol. The second-order valence-electron chi connectivity index (χ2n) is 8.47. The van der Waals surface area contributed by atoms with Crippen molar-refractivity contribution in [2.45, 2.75) is 44.4 Å². The van der Waals surface area contributed by atoms with Crippen molar-refractivity contribution in [3.05, 3.63) is 77.4 Å². The third kappa shape index (κ3) is 6.26. The number of thiophene rings is 1. The van der Waals surface area contributed by atoms with E-state index in [9.17, 15) is 14.4 Å². The van der Waals surface area contributed by atoms with Crippen molar-refractivity contribution in [2.24, 2.45) is 11.5 Å². The molecule has 3 amide bonds. The van der Waals surface area contributed by atoms with Gasteiger partial charge in [0.25, 0.3) is 5.91 Å². The lowest BCUT2D eigenvalue weighted by Gasteiger charge is -2.21. The van der Waals surface area contributed by atoms with Crippen molar-refractivity contribution in [2.75, 3.05) is 5.32 Å². The zero-order valence-electron chi connectivity index (χ0n) is 19.2. The number of nitrogens with two attached hydrogens (primary N) is 2. The molecule has 1 aliphatic rings. The van der Waals surface area contributed by atoms with Crippen molar-refractivity contribution >= 4 is 34.2 Å². The van der Waals surface area contributed by atoms with Crippen LogP contribution in [-0.2, 0) is 16.1 Å².